The number of hydrogen-bond donors (Lipinski definition) is 1. The standard InChI is InChI=1S/C13H9ClF3N3OS/c14-9-4-1-5-10(19-9)20-11(21)8-3-2-6-18-12(8)22-7-13(15,16)17/h1-6H,7H2,(H,19,20,21). The van der Waals surface area contributed by atoms with Gasteiger partial charge >= 0.3 is 6.18 Å². The molecule has 0 fully saturated rings. The number of hydrogen-bond acceptors (Lipinski definition) is 4. The van der Waals surface area contributed by atoms with E-state index in [1.54, 1.807) is 6.07 Å². The zero-order valence-electron chi connectivity index (χ0n) is 10.9. The van der Waals surface area contributed by atoms with Gasteiger partial charge in [0.25, 0.3) is 5.91 Å². The molecular formula is C13H9ClF3N3OS. The van der Waals surface area contributed by atoms with Gasteiger partial charge in [0.15, 0.2) is 0 Å². The number of thioether (sulfide) groups is 1. The summed E-state index contributed by atoms with van der Waals surface area (Å²) in [6.45, 7) is 0. The van der Waals surface area contributed by atoms with Crippen LogP contribution in [0, 0.1) is 0 Å². The van der Waals surface area contributed by atoms with E-state index in [4.69, 9.17) is 11.6 Å². The molecule has 2 rings (SSSR count). The molecule has 0 aromatic carbocycles. The van der Waals surface area contributed by atoms with E-state index in [0.29, 0.717) is 11.8 Å². The second-order valence-corrected chi connectivity index (χ2v) is 5.41. The van der Waals surface area contributed by atoms with Crippen molar-refractivity contribution in [3.8, 4) is 0 Å². The second-order valence-electron chi connectivity index (χ2n) is 4.06. The normalized spacial score (nSPS) is 11.3. The molecule has 116 valence electrons. The van der Waals surface area contributed by atoms with Crippen molar-refractivity contribution in [1.29, 1.82) is 0 Å². The van der Waals surface area contributed by atoms with Gasteiger partial charge in [0.05, 0.1) is 11.3 Å². The molecule has 2 aromatic rings. The van der Waals surface area contributed by atoms with E-state index in [1.165, 1.54) is 30.5 Å². The van der Waals surface area contributed by atoms with E-state index in [2.05, 4.69) is 15.3 Å². The Hall–Kier alpha value is -1.80. The quantitative estimate of drug-likeness (QED) is 0.670. The van der Waals surface area contributed by atoms with Gasteiger partial charge in [0.1, 0.15) is 16.0 Å². The number of rotatable bonds is 4. The molecule has 0 aliphatic carbocycles. The molecule has 4 nitrogen and oxygen atoms in total. The van der Waals surface area contributed by atoms with Crippen molar-refractivity contribution in [2.24, 2.45) is 0 Å². The van der Waals surface area contributed by atoms with E-state index in [9.17, 15) is 18.0 Å². The summed E-state index contributed by atoms with van der Waals surface area (Å²) in [5, 5.41) is 2.66. The van der Waals surface area contributed by atoms with Gasteiger partial charge in [-0.1, -0.05) is 29.4 Å². The van der Waals surface area contributed by atoms with Crippen LogP contribution < -0.4 is 5.32 Å². The first-order valence-electron chi connectivity index (χ1n) is 5.93. The van der Waals surface area contributed by atoms with Gasteiger partial charge in [0, 0.05) is 6.20 Å². The van der Waals surface area contributed by atoms with Crippen LogP contribution in [0.5, 0.6) is 0 Å². The number of nitrogens with zero attached hydrogens (tertiary/aromatic N) is 2. The number of carbonyl (C=O) groups is 1. The number of carbonyl (C=O) groups excluding carboxylic acids is 1. The lowest BCUT2D eigenvalue weighted by Crippen LogP contribution is -2.16. The average Bonchev–Trinajstić information content (AvgIpc) is 2.44. The van der Waals surface area contributed by atoms with Crippen molar-refractivity contribution in [3.05, 3.63) is 47.2 Å². The fourth-order valence-electron chi connectivity index (χ4n) is 1.49. The van der Waals surface area contributed by atoms with E-state index in [1.807, 2.05) is 0 Å². The predicted molar refractivity (Wildman–Crippen MR) is 78.2 cm³/mol. The molecule has 0 atom stereocenters. The zero-order valence-corrected chi connectivity index (χ0v) is 12.5. The van der Waals surface area contributed by atoms with Crippen molar-refractivity contribution in [1.82, 2.24) is 9.97 Å². The Morgan fingerprint density at radius 2 is 2.05 bits per heavy atom. The summed E-state index contributed by atoms with van der Waals surface area (Å²) in [6, 6.07) is 7.51. The Morgan fingerprint density at radius 3 is 2.73 bits per heavy atom. The van der Waals surface area contributed by atoms with Crippen LogP contribution in [-0.4, -0.2) is 27.8 Å². The van der Waals surface area contributed by atoms with Gasteiger partial charge in [-0.3, -0.25) is 4.79 Å². The molecule has 0 aliphatic heterocycles. The summed E-state index contributed by atoms with van der Waals surface area (Å²) in [5.41, 5.74) is 0.0403. The van der Waals surface area contributed by atoms with Gasteiger partial charge in [-0.05, 0) is 24.3 Å². The molecule has 2 aromatic heterocycles. The van der Waals surface area contributed by atoms with Crippen LogP contribution in [0.15, 0.2) is 41.6 Å². The van der Waals surface area contributed by atoms with Crippen molar-refractivity contribution in [2.75, 3.05) is 11.1 Å². The largest absolute Gasteiger partial charge is 0.398 e. The molecule has 0 saturated carbocycles. The zero-order chi connectivity index (χ0) is 16.2. The lowest BCUT2D eigenvalue weighted by atomic mass is 10.2. The van der Waals surface area contributed by atoms with E-state index < -0.39 is 17.8 Å². The predicted octanol–water partition coefficient (Wildman–Crippen LogP) is 4.04. The number of amides is 1. The summed E-state index contributed by atoms with van der Waals surface area (Å²) < 4.78 is 36.9. The molecule has 0 bridgehead atoms. The molecule has 9 heteroatoms. The van der Waals surface area contributed by atoms with Crippen LogP contribution in [0.4, 0.5) is 19.0 Å². The average molecular weight is 348 g/mol. The van der Waals surface area contributed by atoms with Crippen LogP contribution in [-0.2, 0) is 0 Å². The number of anilines is 1. The Morgan fingerprint density at radius 1 is 1.27 bits per heavy atom. The number of nitrogens with one attached hydrogen (secondary N) is 1. The first-order chi connectivity index (χ1) is 10.3. The van der Waals surface area contributed by atoms with Gasteiger partial charge in [0.2, 0.25) is 0 Å². The number of alkyl halides is 3. The molecule has 0 spiro atoms. The van der Waals surface area contributed by atoms with Gasteiger partial charge in [-0.15, -0.1) is 0 Å². The maximum Gasteiger partial charge on any atom is 0.398 e. The lowest BCUT2D eigenvalue weighted by Gasteiger charge is -2.10. The highest BCUT2D eigenvalue weighted by molar-refractivity contribution is 7.99. The number of halogens is 4. The van der Waals surface area contributed by atoms with Crippen molar-refractivity contribution >= 4 is 35.1 Å². The molecule has 0 saturated heterocycles. The molecule has 1 amide bonds. The van der Waals surface area contributed by atoms with Crippen LogP contribution in [0.25, 0.3) is 0 Å². The lowest BCUT2D eigenvalue weighted by molar-refractivity contribution is -0.105. The highest BCUT2D eigenvalue weighted by Crippen LogP contribution is 2.28. The SMILES string of the molecule is O=C(Nc1cccc(Cl)n1)c1cccnc1SCC(F)(F)F. The molecule has 1 N–H and O–H groups in total. The Labute approximate surface area is 133 Å². The van der Waals surface area contributed by atoms with Crippen LogP contribution in [0.1, 0.15) is 10.4 Å². The van der Waals surface area contributed by atoms with Gasteiger partial charge < -0.3 is 5.32 Å². The molecule has 0 unspecified atom stereocenters. The van der Waals surface area contributed by atoms with Crippen molar-refractivity contribution in [3.63, 3.8) is 0 Å². The topological polar surface area (TPSA) is 54.9 Å². The third-order valence-corrected chi connectivity index (χ3v) is 3.63. The fourth-order valence-corrected chi connectivity index (χ4v) is 2.41. The van der Waals surface area contributed by atoms with Crippen molar-refractivity contribution in [2.45, 2.75) is 11.2 Å². The third kappa shape index (κ3) is 4.88. The monoisotopic (exact) mass is 347 g/mol. The maximum absolute atomic E-state index is 12.3. The summed E-state index contributed by atoms with van der Waals surface area (Å²) >= 11 is 6.15. The third-order valence-electron chi connectivity index (χ3n) is 2.35. The second kappa shape index (κ2) is 6.97. The highest BCUT2D eigenvalue weighted by Gasteiger charge is 2.28. The first kappa shape index (κ1) is 16.6. The Bertz CT molecular complexity index is 682. The minimum Gasteiger partial charge on any atom is -0.306 e. The first-order valence-corrected chi connectivity index (χ1v) is 7.30. The summed E-state index contributed by atoms with van der Waals surface area (Å²) in [6.07, 6.45) is -3.02. The minimum atomic E-state index is -4.34. The summed E-state index contributed by atoms with van der Waals surface area (Å²) in [7, 11) is 0. The molecule has 2 heterocycles. The number of pyridine rings is 2. The van der Waals surface area contributed by atoms with E-state index in [-0.39, 0.29) is 21.6 Å². The van der Waals surface area contributed by atoms with Gasteiger partial charge in [-0.25, -0.2) is 9.97 Å². The van der Waals surface area contributed by atoms with Crippen LogP contribution in [0.2, 0.25) is 5.15 Å². The van der Waals surface area contributed by atoms with E-state index >= 15 is 0 Å². The summed E-state index contributed by atoms with van der Waals surface area (Å²) in [4.78, 5) is 19.8. The number of aromatic nitrogens is 2. The highest BCUT2D eigenvalue weighted by atomic mass is 35.5. The van der Waals surface area contributed by atoms with Crippen LogP contribution >= 0.6 is 23.4 Å². The molecule has 22 heavy (non-hydrogen) atoms. The molecule has 0 radical (unpaired) electrons. The Kier molecular flexibility index (Phi) is 5.25. The fraction of sp³-hybridized carbons (Fsp3) is 0.154. The smallest absolute Gasteiger partial charge is 0.306 e. The molecule has 0 aliphatic rings. The van der Waals surface area contributed by atoms with Crippen LogP contribution in [0.3, 0.4) is 0 Å². The minimum absolute atomic E-state index is 0.000599. The van der Waals surface area contributed by atoms with Gasteiger partial charge in [-0.2, -0.15) is 13.2 Å². The summed E-state index contributed by atoms with van der Waals surface area (Å²) in [5.74, 6) is -1.53. The van der Waals surface area contributed by atoms with Crippen molar-refractivity contribution < 1.29 is 18.0 Å². The maximum atomic E-state index is 12.3. The van der Waals surface area contributed by atoms with E-state index in [0.717, 1.165) is 0 Å². The Balaban J connectivity index is 2.15. The molecular weight excluding hydrogens is 339 g/mol.